The summed E-state index contributed by atoms with van der Waals surface area (Å²) in [7, 11) is 0. The van der Waals surface area contributed by atoms with Crippen LogP contribution in [0, 0.1) is 6.92 Å². The first-order valence-electron chi connectivity index (χ1n) is 6.94. The highest BCUT2D eigenvalue weighted by Crippen LogP contribution is 2.31. The van der Waals surface area contributed by atoms with Crippen molar-refractivity contribution in [2.24, 2.45) is 0 Å². The van der Waals surface area contributed by atoms with Crippen LogP contribution in [0.2, 0.25) is 0 Å². The van der Waals surface area contributed by atoms with Gasteiger partial charge in [-0.3, -0.25) is 4.79 Å². The Morgan fingerprint density at radius 1 is 1.35 bits per heavy atom. The van der Waals surface area contributed by atoms with E-state index in [4.69, 9.17) is 9.47 Å². The van der Waals surface area contributed by atoms with Gasteiger partial charge < -0.3 is 14.4 Å². The lowest BCUT2D eigenvalue weighted by molar-refractivity contribution is -0.183. The summed E-state index contributed by atoms with van der Waals surface area (Å²) in [6.45, 7) is 4.51. The van der Waals surface area contributed by atoms with Crippen molar-refractivity contribution >= 4 is 21.8 Å². The van der Waals surface area contributed by atoms with Crippen molar-refractivity contribution in [2.75, 3.05) is 26.3 Å². The van der Waals surface area contributed by atoms with E-state index < -0.39 is 5.79 Å². The summed E-state index contributed by atoms with van der Waals surface area (Å²) in [6, 6.07) is 5.76. The summed E-state index contributed by atoms with van der Waals surface area (Å²) in [5, 5.41) is 0. The Balaban J connectivity index is 1.81. The van der Waals surface area contributed by atoms with Gasteiger partial charge in [0, 0.05) is 17.4 Å². The maximum atomic E-state index is 12.7. The minimum absolute atomic E-state index is 0.0405. The highest BCUT2D eigenvalue weighted by atomic mass is 79.9. The molecule has 0 radical (unpaired) electrons. The van der Waals surface area contributed by atoms with Gasteiger partial charge in [-0.15, -0.1) is 0 Å². The quantitative estimate of drug-likeness (QED) is 0.789. The second-order valence-corrected chi connectivity index (χ2v) is 6.17. The second-order valence-electron chi connectivity index (χ2n) is 5.37. The van der Waals surface area contributed by atoms with Gasteiger partial charge in [0.05, 0.1) is 25.3 Å². The number of aryl methyl sites for hydroxylation is 1. The number of rotatable bonds is 1. The van der Waals surface area contributed by atoms with Gasteiger partial charge in [0.2, 0.25) is 0 Å². The van der Waals surface area contributed by atoms with Crippen LogP contribution in [0.15, 0.2) is 22.7 Å². The zero-order valence-corrected chi connectivity index (χ0v) is 13.1. The van der Waals surface area contributed by atoms with Crippen molar-refractivity contribution in [2.45, 2.75) is 25.6 Å². The maximum absolute atomic E-state index is 12.7. The Hall–Kier alpha value is -0.910. The van der Waals surface area contributed by atoms with Gasteiger partial charge in [0.1, 0.15) is 0 Å². The van der Waals surface area contributed by atoms with E-state index in [0.29, 0.717) is 25.3 Å². The number of carbonyl (C=O) groups excluding carboxylic acids is 1. The zero-order valence-electron chi connectivity index (χ0n) is 11.5. The number of benzene rings is 1. The van der Waals surface area contributed by atoms with Gasteiger partial charge in [-0.25, -0.2) is 0 Å². The smallest absolute Gasteiger partial charge is 0.255 e. The molecule has 2 heterocycles. The number of amides is 1. The Bertz CT molecular complexity index is 526. The highest BCUT2D eigenvalue weighted by Gasteiger charge is 2.42. The largest absolute Gasteiger partial charge is 0.346 e. The third-order valence-electron chi connectivity index (χ3n) is 3.94. The first-order valence-corrected chi connectivity index (χ1v) is 7.73. The molecule has 1 amide bonds. The van der Waals surface area contributed by atoms with Gasteiger partial charge in [0.15, 0.2) is 5.79 Å². The van der Waals surface area contributed by atoms with Gasteiger partial charge in [0.25, 0.3) is 5.91 Å². The molecular weight excluding hydrogens is 322 g/mol. The fourth-order valence-electron chi connectivity index (χ4n) is 2.88. The van der Waals surface area contributed by atoms with Crippen LogP contribution in [0.1, 0.15) is 28.8 Å². The monoisotopic (exact) mass is 339 g/mol. The Kier molecular flexibility index (Phi) is 3.84. The summed E-state index contributed by atoms with van der Waals surface area (Å²) in [6.07, 6.45) is 1.78. The molecule has 108 valence electrons. The van der Waals surface area contributed by atoms with Crippen molar-refractivity contribution in [3.05, 3.63) is 33.8 Å². The minimum Gasteiger partial charge on any atom is -0.346 e. The number of ether oxygens (including phenoxy) is 2. The molecule has 3 rings (SSSR count). The summed E-state index contributed by atoms with van der Waals surface area (Å²) >= 11 is 3.51. The van der Waals surface area contributed by atoms with E-state index >= 15 is 0 Å². The highest BCUT2D eigenvalue weighted by molar-refractivity contribution is 9.10. The van der Waals surface area contributed by atoms with Crippen molar-refractivity contribution < 1.29 is 14.3 Å². The lowest BCUT2D eigenvalue weighted by atomic mass is 10.0. The lowest BCUT2D eigenvalue weighted by Crippen LogP contribution is -2.51. The fraction of sp³-hybridized carbons (Fsp3) is 0.533. The summed E-state index contributed by atoms with van der Waals surface area (Å²) in [4.78, 5) is 14.5. The summed E-state index contributed by atoms with van der Waals surface area (Å²) in [5.41, 5.74) is 1.77. The Morgan fingerprint density at radius 3 is 2.85 bits per heavy atom. The lowest BCUT2D eigenvalue weighted by Gasteiger charge is -2.38. The molecule has 4 nitrogen and oxygen atoms in total. The fourth-order valence-corrected chi connectivity index (χ4v) is 3.31. The number of hydrogen-bond acceptors (Lipinski definition) is 3. The van der Waals surface area contributed by atoms with Crippen molar-refractivity contribution in [1.29, 1.82) is 0 Å². The number of carbonyl (C=O) groups is 1. The van der Waals surface area contributed by atoms with Crippen LogP contribution in [0.25, 0.3) is 0 Å². The first-order chi connectivity index (χ1) is 9.61. The van der Waals surface area contributed by atoms with Crippen LogP contribution in [0.5, 0.6) is 0 Å². The van der Waals surface area contributed by atoms with Crippen LogP contribution < -0.4 is 0 Å². The van der Waals surface area contributed by atoms with E-state index in [9.17, 15) is 4.79 Å². The van der Waals surface area contributed by atoms with Gasteiger partial charge in [-0.05, 0) is 40.9 Å². The molecular formula is C15H18BrNO3. The van der Waals surface area contributed by atoms with Crippen molar-refractivity contribution in [3.8, 4) is 0 Å². The predicted octanol–water partition coefficient (Wildman–Crippen LogP) is 2.74. The molecule has 1 aromatic rings. The number of hydrogen-bond donors (Lipinski definition) is 0. The molecule has 0 unspecified atom stereocenters. The molecule has 0 aliphatic carbocycles. The molecule has 2 aliphatic heterocycles. The molecule has 0 saturated carbocycles. The number of halogens is 1. The van der Waals surface area contributed by atoms with Crippen LogP contribution >= 0.6 is 15.9 Å². The maximum Gasteiger partial charge on any atom is 0.255 e. The van der Waals surface area contributed by atoms with E-state index in [1.54, 1.807) is 0 Å². The molecule has 2 saturated heterocycles. The van der Waals surface area contributed by atoms with E-state index in [1.165, 1.54) is 0 Å². The SMILES string of the molecule is Cc1cccc(C(=O)N2CCCC3(C2)OCCO3)c1Br. The number of likely N-dealkylation sites (tertiary alicyclic amines) is 1. The van der Waals surface area contributed by atoms with Gasteiger partial charge >= 0.3 is 0 Å². The van der Waals surface area contributed by atoms with E-state index in [2.05, 4.69) is 15.9 Å². The third-order valence-corrected chi connectivity index (χ3v) is 4.99. The van der Waals surface area contributed by atoms with Crippen LogP contribution in [-0.2, 0) is 9.47 Å². The average Bonchev–Trinajstić information content (AvgIpc) is 2.89. The van der Waals surface area contributed by atoms with Crippen LogP contribution in [-0.4, -0.2) is 42.9 Å². The Labute approximate surface area is 127 Å². The molecule has 2 fully saturated rings. The predicted molar refractivity (Wildman–Crippen MR) is 78.7 cm³/mol. The number of piperidine rings is 1. The molecule has 1 spiro atoms. The third kappa shape index (κ3) is 2.50. The normalized spacial score (nSPS) is 21.4. The molecule has 0 N–H and O–H groups in total. The van der Waals surface area contributed by atoms with Gasteiger partial charge in [-0.2, -0.15) is 0 Å². The van der Waals surface area contributed by atoms with E-state index in [-0.39, 0.29) is 5.91 Å². The molecule has 5 heteroatoms. The average molecular weight is 340 g/mol. The molecule has 0 bridgehead atoms. The first kappa shape index (κ1) is 14.0. The van der Waals surface area contributed by atoms with Gasteiger partial charge in [-0.1, -0.05) is 12.1 Å². The van der Waals surface area contributed by atoms with Crippen molar-refractivity contribution in [1.82, 2.24) is 4.90 Å². The standard InChI is InChI=1S/C15H18BrNO3/c1-11-4-2-5-12(13(11)16)14(18)17-7-3-6-15(10-17)19-8-9-20-15/h2,4-5H,3,6-10H2,1H3. The number of nitrogens with zero attached hydrogens (tertiary/aromatic N) is 1. The second kappa shape index (κ2) is 5.47. The molecule has 2 aliphatic rings. The molecule has 1 aromatic carbocycles. The molecule has 20 heavy (non-hydrogen) atoms. The van der Waals surface area contributed by atoms with E-state index in [1.807, 2.05) is 30.0 Å². The zero-order chi connectivity index (χ0) is 14.2. The molecule has 0 aromatic heterocycles. The summed E-state index contributed by atoms with van der Waals surface area (Å²) < 4.78 is 12.3. The Morgan fingerprint density at radius 2 is 2.10 bits per heavy atom. The summed E-state index contributed by atoms with van der Waals surface area (Å²) in [5.74, 6) is -0.525. The van der Waals surface area contributed by atoms with Crippen molar-refractivity contribution in [3.63, 3.8) is 0 Å². The van der Waals surface area contributed by atoms with E-state index in [0.717, 1.165) is 29.4 Å². The van der Waals surface area contributed by atoms with Crippen LogP contribution in [0.4, 0.5) is 0 Å². The minimum atomic E-state index is -0.565. The topological polar surface area (TPSA) is 38.8 Å². The molecule has 0 atom stereocenters. The van der Waals surface area contributed by atoms with Crippen LogP contribution in [0.3, 0.4) is 0 Å².